The molecule has 0 amide bonds. The van der Waals surface area contributed by atoms with E-state index < -0.39 is 0 Å². The van der Waals surface area contributed by atoms with Crippen LogP contribution in [0.2, 0.25) is 10.0 Å². The van der Waals surface area contributed by atoms with E-state index in [0.717, 1.165) is 0 Å². The molecule has 0 aliphatic heterocycles. The predicted molar refractivity (Wildman–Crippen MR) is 104 cm³/mol. The van der Waals surface area contributed by atoms with Crippen molar-refractivity contribution in [2.24, 2.45) is 0 Å². The summed E-state index contributed by atoms with van der Waals surface area (Å²) in [5, 5.41) is 5.65. The fourth-order valence-electron chi connectivity index (χ4n) is 2.74. The second-order valence-corrected chi connectivity index (χ2v) is 6.75. The van der Waals surface area contributed by atoms with Gasteiger partial charge in [-0.05, 0) is 42.5 Å². The standard InChI is InChI=1S/C19H12Cl2N4O2/c20-13-6-4-12(5-7-13)17(26)10-24-11-22-18-16(19(24)27)9-23-25(18)15-3-1-2-14(21)8-15/h1-9,11H,10H2. The van der Waals surface area contributed by atoms with Gasteiger partial charge in [0.05, 0.1) is 18.4 Å². The molecular formula is C19H12Cl2N4O2. The highest BCUT2D eigenvalue weighted by atomic mass is 35.5. The third-order valence-electron chi connectivity index (χ3n) is 4.09. The molecule has 0 aliphatic rings. The summed E-state index contributed by atoms with van der Waals surface area (Å²) < 4.78 is 2.80. The highest BCUT2D eigenvalue weighted by molar-refractivity contribution is 6.31. The molecule has 27 heavy (non-hydrogen) atoms. The summed E-state index contributed by atoms with van der Waals surface area (Å²) in [7, 11) is 0. The Kier molecular flexibility index (Phi) is 4.51. The Morgan fingerprint density at radius 1 is 1.04 bits per heavy atom. The van der Waals surface area contributed by atoms with E-state index >= 15 is 0 Å². The molecule has 0 aliphatic carbocycles. The average molecular weight is 399 g/mol. The first-order chi connectivity index (χ1) is 13.0. The molecule has 2 heterocycles. The van der Waals surface area contributed by atoms with Crippen molar-refractivity contribution in [2.45, 2.75) is 6.54 Å². The number of nitrogens with zero attached hydrogens (tertiary/aromatic N) is 4. The van der Waals surface area contributed by atoms with Crippen LogP contribution in [0, 0.1) is 0 Å². The molecule has 0 atom stereocenters. The summed E-state index contributed by atoms with van der Waals surface area (Å²) in [5.74, 6) is -0.211. The zero-order valence-corrected chi connectivity index (χ0v) is 15.4. The van der Waals surface area contributed by atoms with Crippen molar-refractivity contribution in [3.8, 4) is 5.69 Å². The summed E-state index contributed by atoms with van der Waals surface area (Å²) in [5.41, 5.74) is 1.23. The van der Waals surface area contributed by atoms with Crippen molar-refractivity contribution in [3.63, 3.8) is 0 Å². The molecule has 0 unspecified atom stereocenters. The van der Waals surface area contributed by atoms with Crippen molar-refractivity contribution in [1.29, 1.82) is 0 Å². The minimum absolute atomic E-state index is 0.119. The van der Waals surface area contributed by atoms with Gasteiger partial charge in [0, 0.05) is 15.6 Å². The van der Waals surface area contributed by atoms with Gasteiger partial charge in [0.15, 0.2) is 11.4 Å². The molecule has 8 heteroatoms. The van der Waals surface area contributed by atoms with Gasteiger partial charge in [-0.3, -0.25) is 14.2 Å². The summed E-state index contributed by atoms with van der Waals surface area (Å²) in [6.45, 7) is -0.119. The van der Waals surface area contributed by atoms with Crippen LogP contribution in [-0.2, 0) is 6.54 Å². The predicted octanol–water partition coefficient (Wildman–Crippen LogP) is 3.77. The van der Waals surface area contributed by atoms with Crippen LogP contribution < -0.4 is 5.56 Å². The van der Waals surface area contributed by atoms with Gasteiger partial charge in [-0.2, -0.15) is 5.10 Å². The second-order valence-electron chi connectivity index (χ2n) is 5.88. The Morgan fingerprint density at radius 3 is 2.56 bits per heavy atom. The number of fused-ring (bicyclic) bond motifs is 1. The minimum atomic E-state index is -0.337. The summed E-state index contributed by atoms with van der Waals surface area (Å²) in [6.07, 6.45) is 2.79. The summed E-state index contributed by atoms with van der Waals surface area (Å²) in [6, 6.07) is 13.6. The van der Waals surface area contributed by atoms with Gasteiger partial charge in [0.25, 0.3) is 5.56 Å². The van der Waals surface area contributed by atoms with Crippen LogP contribution in [-0.4, -0.2) is 25.1 Å². The number of rotatable bonds is 4. The van der Waals surface area contributed by atoms with Crippen molar-refractivity contribution in [3.05, 3.63) is 87.0 Å². The number of aromatic nitrogens is 4. The monoisotopic (exact) mass is 398 g/mol. The van der Waals surface area contributed by atoms with Gasteiger partial charge in [0.2, 0.25) is 0 Å². The van der Waals surface area contributed by atoms with E-state index in [-0.39, 0.29) is 17.9 Å². The maximum atomic E-state index is 12.7. The van der Waals surface area contributed by atoms with Crippen molar-refractivity contribution in [1.82, 2.24) is 19.3 Å². The number of carbonyl (C=O) groups is 1. The Morgan fingerprint density at radius 2 is 1.81 bits per heavy atom. The normalized spacial score (nSPS) is 11.0. The van der Waals surface area contributed by atoms with Gasteiger partial charge in [-0.25, -0.2) is 9.67 Å². The number of halogens is 2. The molecule has 2 aromatic carbocycles. The highest BCUT2D eigenvalue weighted by Gasteiger charge is 2.14. The molecule has 2 aromatic heterocycles. The molecule has 0 bridgehead atoms. The first-order valence-corrected chi connectivity index (χ1v) is 8.76. The quantitative estimate of drug-likeness (QED) is 0.490. The SMILES string of the molecule is O=C(Cn1cnc2c(cnn2-c2cccc(Cl)c2)c1=O)c1ccc(Cl)cc1. The maximum Gasteiger partial charge on any atom is 0.264 e. The van der Waals surface area contributed by atoms with Gasteiger partial charge < -0.3 is 0 Å². The Hall–Kier alpha value is -2.96. The number of Topliss-reactive ketones (excluding diaryl/α,β-unsaturated/α-hetero) is 1. The average Bonchev–Trinajstić information content (AvgIpc) is 3.09. The largest absolute Gasteiger partial charge is 0.292 e. The summed E-state index contributed by atoms with van der Waals surface area (Å²) in [4.78, 5) is 29.5. The van der Waals surface area contributed by atoms with Crippen LogP contribution in [0.25, 0.3) is 16.7 Å². The number of benzene rings is 2. The van der Waals surface area contributed by atoms with Crippen molar-refractivity contribution >= 4 is 40.0 Å². The van der Waals surface area contributed by atoms with Crippen LogP contribution in [0.5, 0.6) is 0 Å². The third kappa shape index (κ3) is 3.37. The second kappa shape index (κ2) is 6.98. The van der Waals surface area contributed by atoms with E-state index in [1.807, 2.05) is 6.07 Å². The van der Waals surface area contributed by atoms with Crippen molar-refractivity contribution in [2.75, 3.05) is 0 Å². The molecule has 134 valence electrons. The molecular weight excluding hydrogens is 387 g/mol. The van der Waals surface area contributed by atoms with Gasteiger partial charge in [0.1, 0.15) is 11.7 Å². The topological polar surface area (TPSA) is 69.8 Å². The molecule has 0 saturated carbocycles. The first-order valence-electron chi connectivity index (χ1n) is 8.01. The number of hydrogen-bond acceptors (Lipinski definition) is 4. The van der Waals surface area contributed by atoms with Crippen LogP contribution in [0.4, 0.5) is 0 Å². The van der Waals surface area contributed by atoms with Crippen LogP contribution in [0.3, 0.4) is 0 Å². The van der Waals surface area contributed by atoms with E-state index in [1.165, 1.54) is 21.8 Å². The first kappa shape index (κ1) is 17.5. The molecule has 4 rings (SSSR count). The Balaban J connectivity index is 1.70. The van der Waals surface area contributed by atoms with E-state index in [9.17, 15) is 9.59 Å². The molecule has 0 fully saturated rings. The van der Waals surface area contributed by atoms with Crippen LogP contribution in [0.15, 0.2) is 65.8 Å². The van der Waals surface area contributed by atoms with E-state index in [4.69, 9.17) is 23.2 Å². The van der Waals surface area contributed by atoms with E-state index in [1.54, 1.807) is 42.5 Å². The third-order valence-corrected chi connectivity index (χ3v) is 4.57. The highest BCUT2D eigenvalue weighted by Crippen LogP contribution is 2.17. The van der Waals surface area contributed by atoms with Gasteiger partial charge >= 0.3 is 0 Å². The lowest BCUT2D eigenvalue weighted by Crippen LogP contribution is -2.24. The fourth-order valence-corrected chi connectivity index (χ4v) is 3.05. The van der Waals surface area contributed by atoms with Crippen molar-refractivity contribution < 1.29 is 4.79 Å². The van der Waals surface area contributed by atoms with Gasteiger partial charge in [-0.15, -0.1) is 0 Å². The van der Waals surface area contributed by atoms with Crippen LogP contribution in [0.1, 0.15) is 10.4 Å². The molecule has 6 nitrogen and oxygen atoms in total. The maximum absolute atomic E-state index is 12.7. The molecule has 0 saturated heterocycles. The molecule has 0 N–H and O–H groups in total. The van der Waals surface area contributed by atoms with Crippen LogP contribution >= 0.6 is 23.2 Å². The zero-order valence-electron chi connectivity index (χ0n) is 13.8. The molecule has 4 aromatic rings. The van der Waals surface area contributed by atoms with E-state index in [2.05, 4.69) is 10.1 Å². The van der Waals surface area contributed by atoms with Gasteiger partial charge in [-0.1, -0.05) is 29.3 Å². The lowest BCUT2D eigenvalue weighted by atomic mass is 10.1. The van der Waals surface area contributed by atoms with E-state index in [0.29, 0.717) is 32.3 Å². The number of hydrogen-bond donors (Lipinski definition) is 0. The lowest BCUT2D eigenvalue weighted by molar-refractivity contribution is 0.0970. The summed E-state index contributed by atoms with van der Waals surface area (Å²) >= 11 is 11.9. The number of carbonyl (C=O) groups excluding carboxylic acids is 1. The smallest absolute Gasteiger partial charge is 0.264 e. The lowest BCUT2D eigenvalue weighted by Gasteiger charge is -2.06. The minimum Gasteiger partial charge on any atom is -0.292 e. The zero-order chi connectivity index (χ0) is 19.0. The fraction of sp³-hybridized carbons (Fsp3) is 0.0526. The molecule has 0 radical (unpaired) electrons. The Labute approximate surface area is 163 Å². The Bertz CT molecular complexity index is 1210. The molecule has 0 spiro atoms. The number of ketones is 1.